The second-order valence-electron chi connectivity index (χ2n) is 3.65. The maximum Gasteiger partial charge on any atom is 0.417 e. The van der Waals surface area contributed by atoms with E-state index in [1.807, 2.05) is 0 Å². The van der Waals surface area contributed by atoms with Crippen molar-refractivity contribution in [2.24, 2.45) is 0 Å². The predicted molar refractivity (Wildman–Crippen MR) is 50.5 cm³/mol. The molecule has 1 aromatic rings. The Hall–Kier alpha value is -1.71. The van der Waals surface area contributed by atoms with Gasteiger partial charge in [0.15, 0.2) is 0 Å². The van der Waals surface area contributed by atoms with E-state index in [1.165, 1.54) is 6.92 Å². The highest BCUT2D eigenvalue weighted by Gasteiger charge is 2.43. The summed E-state index contributed by atoms with van der Waals surface area (Å²) in [4.78, 5) is 0. The molecule has 1 rings (SSSR count). The molecule has 0 fully saturated rings. The van der Waals surface area contributed by atoms with E-state index in [2.05, 4.69) is 0 Å². The Balaban J connectivity index is 3.46. The average molecular weight is 267 g/mol. The Morgan fingerprint density at radius 3 is 1.89 bits per heavy atom. The van der Waals surface area contributed by atoms with Crippen molar-refractivity contribution in [2.75, 3.05) is 0 Å². The van der Waals surface area contributed by atoms with Gasteiger partial charge in [-0.15, -0.1) is 0 Å². The fourth-order valence-electron chi connectivity index (χ4n) is 1.39. The minimum atomic E-state index is -5.12. The standard InChI is InChI=1S/C11H7F6N/c1-6(5-18)7-2-3-8(10(12,13)14)9(4-7)11(15,16)17/h2-4,6H,1H3. The van der Waals surface area contributed by atoms with Crippen LogP contribution >= 0.6 is 0 Å². The third-order valence-electron chi connectivity index (χ3n) is 2.35. The van der Waals surface area contributed by atoms with Gasteiger partial charge in [0.05, 0.1) is 23.1 Å². The molecular weight excluding hydrogens is 260 g/mol. The lowest BCUT2D eigenvalue weighted by Gasteiger charge is -2.17. The molecule has 0 N–H and O–H groups in total. The molecule has 0 amide bonds. The van der Waals surface area contributed by atoms with E-state index >= 15 is 0 Å². The predicted octanol–water partition coefficient (Wildman–Crippen LogP) is 4.35. The number of hydrogen-bond acceptors (Lipinski definition) is 1. The molecule has 1 nitrogen and oxygen atoms in total. The molecule has 0 bridgehead atoms. The van der Waals surface area contributed by atoms with Gasteiger partial charge in [0.2, 0.25) is 0 Å². The monoisotopic (exact) mass is 267 g/mol. The average Bonchev–Trinajstić information content (AvgIpc) is 2.24. The van der Waals surface area contributed by atoms with Crippen molar-refractivity contribution in [3.63, 3.8) is 0 Å². The van der Waals surface area contributed by atoms with Crippen molar-refractivity contribution < 1.29 is 26.3 Å². The molecule has 0 aromatic heterocycles. The van der Waals surface area contributed by atoms with Crippen LogP contribution in [-0.4, -0.2) is 0 Å². The lowest BCUT2D eigenvalue weighted by atomic mass is 9.96. The second-order valence-corrected chi connectivity index (χ2v) is 3.65. The fraction of sp³-hybridized carbons (Fsp3) is 0.364. The SMILES string of the molecule is CC(C#N)c1ccc(C(F)(F)F)c(C(F)(F)F)c1. The molecule has 0 saturated heterocycles. The number of benzene rings is 1. The molecule has 1 unspecified atom stereocenters. The fourth-order valence-corrected chi connectivity index (χ4v) is 1.39. The van der Waals surface area contributed by atoms with Crippen LogP contribution in [0.3, 0.4) is 0 Å². The topological polar surface area (TPSA) is 23.8 Å². The molecule has 18 heavy (non-hydrogen) atoms. The smallest absolute Gasteiger partial charge is 0.198 e. The van der Waals surface area contributed by atoms with E-state index in [0.29, 0.717) is 12.1 Å². The molecule has 0 saturated carbocycles. The minimum absolute atomic E-state index is 0.0992. The lowest BCUT2D eigenvalue weighted by molar-refractivity contribution is -0.162. The van der Waals surface area contributed by atoms with Gasteiger partial charge in [-0.3, -0.25) is 0 Å². The highest BCUT2D eigenvalue weighted by atomic mass is 19.4. The van der Waals surface area contributed by atoms with Crippen molar-refractivity contribution in [2.45, 2.75) is 25.2 Å². The molecule has 0 heterocycles. The summed E-state index contributed by atoms with van der Waals surface area (Å²) in [6.07, 6.45) is -10.2. The number of nitriles is 1. The first-order chi connectivity index (χ1) is 8.07. The van der Waals surface area contributed by atoms with Crippen LogP contribution in [0.2, 0.25) is 0 Å². The van der Waals surface area contributed by atoms with E-state index in [1.54, 1.807) is 6.07 Å². The van der Waals surface area contributed by atoms with E-state index in [9.17, 15) is 26.3 Å². The van der Waals surface area contributed by atoms with E-state index < -0.39 is 29.4 Å². The molecule has 0 spiro atoms. The van der Waals surface area contributed by atoms with Gasteiger partial charge in [-0.2, -0.15) is 31.6 Å². The van der Waals surface area contributed by atoms with Gasteiger partial charge < -0.3 is 0 Å². The van der Waals surface area contributed by atoms with Crippen LogP contribution in [0.4, 0.5) is 26.3 Å². The zero-order chi connectivity index (χ0) is 14.1. The Morgan fingerprint density at radius 1 is 1.00 bits per heavy atom. The number of hydrogen-bond donors (Lipinski definition) is 0. The molecule has 7 heteroatoms. The highest BCUT2D eigenvalue weighted by Crippen LogP contribution is 2.41. The molecule has 0 aliphatic carbocycles. The van der Waals surface area contributed by atoms with Gasteiger partial charge >= 0.3 is 12.4 Å². The molecule has 0 radical (unpaired) electrons. The summed E-state index contributed by atoms with van der Waals surface area (Å²) in [5.41, 5.74) is -3.61. The first kappa shape index (κ1) is 14.4. The van der Waals surface area contributed by atoms with Crippen LogP contribution in [0.25, 0.3) is 0 Å². The van der Waals surface area contributed by atoms with Crippen LogP contribution in [0.15, 0.2) is 18.2 Å². The van der Waals surface area contributed by atoms with E-state index in [-0.39, 0.29) is 5.56 Å². The zero-order valence-corrected chi connectivity index (χ0v) is 9.02. The summed E-state index contributed by atoms with van der Waals surface area (Å²) in [5, 5.41) is 8.56. The van der Waals surface area contributed by atoms with E-state index in [0.717, 1.165) is 6.07 Å². The second kappa shape index (κ2) is 4.52. The van der Waals surface area contributed by atoms with Crippen molar-refractivity contribution in [1.29, 1.82) is 5.26 Å². The maximum absolute atomic E-state index is 12.5. The van der Waals surface area contributed by atoms with Gasteiger partial charge in [0, 0.05) is 0 Å². The molecular formula is C11H7F6N. The molecule has 0 aliphatic heterocycles. The quantitative estimate of drug-likeness (QED) is 0.694. The van der Waals surface area contributed by atoms with Gasteiger partial charge in [0.25, 0.3) is 0 Å². The Labute approximate surface area is 98.6 Å². The summed E-state index contributed by atoms with van der Waals surface area (Å²) in [6, 6.07) is 3.28. The van der Waals surface area contributed by atoms with Gasteiger partial charge in [-0.1, -0.05) is 6.07 Å². The van der Waals surface area contributed by atoms with Crippen LogP contribution < -0.4 is 0 Å². The Morgan fingerprint density at radius 2 is 1.50 bits per heavy atom. The molecule has 98 valence electrons. The normalized spacial score (nSPS) is 14.1. The first-order valence-electron chi connectivity index (χ1n) is 4.75. The zero-order valence-electron chi connectivity index (χ0n) is 9.02. The number of rotatable bonds is 1. The van der Waals surface area contributed by atoms with Crippen molar-refractivity contribution >= 4 is 0 Å². The number of nitrogens with zero attached hydrogens (tertiary/aromatic N) is 1. The lowest BCUT2D eigenvalue weighted by Crippen LogP contribution is -2.17. The third kappa shape index (κ3) is 2.94. The number of halogens is 6. The van der Waals surface area contributed by atoms with Crippen LogP contribution in [0, 0.1) is 11.3 Å². The largest absolute Gasteiger partial charge is 0.417 e. The van der Waals surface area contributed by atoms with Crippen molar-refractivity contribution in [3.8, 4) is 6.07 Å². The Kier molecular flexibility index (Phi) is 3.60. The van der Waals surface area contributed by atoms with E-state index in [4.69, 9.17) is 5.26 Å². The minimum Gasteiger partial charge on any atom is -0.198 e. The van der Waals surface area contributed by atoms with Crippen molar-refractivity contribution in [3.05, 3.63) is 34.9 Å². The Bertz CT molecular complexity index is 480. The first-order valence-corrected chi connectivity index (χ1v) is 4.75. The summed E-state index contributed by atoms with van der Waals surface area (Å²) >= 11 is 0. The summed E-state index contributed by atoms with van der Waals surface area (Å²) in [6.45, 7) is 1.31. The third-order valence-corrected chi connectivity index (χ3v) is 2.35. The maximum atomic E-state index is 12.5. The molecule has 0 aliphatic rings. The molecule has 1 atom stereocenters. The van der Waals surface area contributed by atoms with Crippen LogP contribution in [0.5, 0.6) is 0 Å². The number of alkyl halides is 6. The van der Waals surface area contributed by atoms with Gasteiger partial charge in [-0.05, 0) is 24.6 Å². The van der Waals surface area contributed by atoms with Crippen LogP contribution in [-0.2, 0) is 12.4 Å². The van der Waals surface area contributed by atoms with Crippen LogP contribution in [0.1, 0.15) is 29.5 Å². The highest BCUT2D eigenvalue weighted by molar-refractivity contribution is 5.38. The molecule has 1 aromatic carbocycles. The summed E-state index contributed by atoms with van der Waals surface area (Å²) in [5.74, 6) is -0.909. The van der Waals surface area contributed by atoms with Gasteiger partial charge in [0.1, 0.15) is 0 Å². The van der Waals surface area contributed by atoms with Crippen molar-refractivity contribution in [1.82, 2.24) is 0 Å². The summed E-state index contributed by atoms with van der Waals surface area (Å²) in [7, 11) is 0. The summed E-state index contributed by atoms with van der Waals surface area (Å²) < 4.78 is 74.9. The van der Waals surface area contributed by atoms with Gasteiger partial charge in [-0.25, -0.2) is 0 Å².